The minimum Gasteiger partial charge on any atom is -0.454 e. The average molecular weight is 700 g/mol. The van der Waals surface area contributed by atoms with E-state index < -0.39 is 0 Å². The van der Waals surface area contributed by atoms with Gasteiger partial charge >= 0.3 is 0 Å². The van der Waals surface area contributed by atoms with Gasteiger partial charge in [-0.3, -0.25) is 0 Å². The zero-order valence-electron chi connectivity index (χ0n) is 30.7. The van der Waals surface area contributed by atoms with Crippen LogP contribution in [0.25, 0.3) is 60.6 Å². The summed E-state index contributed by atoms with van der Waals surface area (Å²) >= 11 is 0. The molecule has 0 spiro atoms. The van der Waals surface area contributed by atoms with Gasteiger partial charge in [0.2, 0.25) is 0 Å². The van der Waals surface area contributed by atoms with Crippen molar-refractivity contribution in [3.05, 3.63) is 151 Å². The lowest BCUT2D eigenvalue weighted by Crippen LogP contribution is -2.58. The first-order chi connectivity index (χ1) is 26.7. The molecule has 6 aliphatic carbocycles. The van der Waals surface area contributed by atoms with E-state index in [2.05, 4.69) is 144 Å². The third-order valence-electron chi connectivity index (χ3n) is 16.0. The van der Waals surface area contributed by atoms with Crippen molar-refractivity contribution in [1.82, 2.24) is 4.57 Å². The topological polar surface area (TPSA) is 18.1 Å². The van der Waals surface area contributed by atoms with E-state index in [4.69, 9.17) is 4.42 Å². The monoisotopic (exact) mass is 699 g/mol. The van der Waals surface area contributed by atoms with Gasteiger partial charge in [0.1, 0.15) is 5.58 Å². The van der Waals surface area contributed by atoms with Crippen LogP contribution in [-0.4, -0.2) is 4.57 Å². The highest BCUT2D eigenvalue weighted by atomic mass is 16.3. The molecule has 0 saturated heterocycles. The van der Waals surface area contributed by atoms with Gasteiger partial charge in [-0.25, -0.2) is 0 Å². The molecule has 2 heteroatoms. The zero-order valence-corrected chi connectivity index (χ0v) is 30.7. The molecule has 8 aromatic rings. The van der Waals surface area contributed by atoms with E-state index in [1.165, 1.54) is 71.5 Å². The molecule has 9 atom stereocenters. The molecular weight excluding hydrogens is 655 g/mol. The molecule has 2 nitrogen and oxygen atoms in total. The van der Waals surface area contributed by atoms with Crippen LogP contribution >= 0.6 is 0 Å². The zero-order chi connectivity index (χ0) is 35.1. The Kier molecular flexibility index (Phi) is 6.17. The molecule has 0 radical (unpaired) electrons. The second-order valence-corrected chi connectivity index (χ2v) is 18.0. The fourth-order valence-electron chi connectivity index (χ4n) is 14.3. The van der Waals surface area contributed by atoms with Gasteiger partial charge in [-0.2, -0.15) is 0 Å². The largest absolute Gasteiger partial charge is 0.454 e. The molecule has 0 amide bonds. The highest BCUT2D eigenvalue weighted by molar-refractivity contribution is 6.13. The molecule has 264 valence electrons. The SMILES string of the molecule is c1ccc(C2(c3ccc(-c4ccc5c(c4)c4ccccc4n5-c4cccc5c4oc4ccccc45)cc3)C3CC4CC5CCC6CC4C(C3)C(C6)C52)cc1. The summed E-state index contributed by atoms with van der Waals surface area (Å²) in [5.74, 6) is 7.20. The molecule has 2 aromatic heterocycles. The molecule has 14 rings (SSSR count). The van der Waals surface area contributed by atoms with E-state index in [1.807, 2.05) is 0 Å². The molecule has 6 aromatic carbocycles. The van der Waals surface area contributed by atoms with Gasteiger partial charge in [0, 0.05) is 27.0 Å². The predicted octanol–water partition coefficient (Wildman–Crippen LogP) is 13.4. The van der Waals surface area contributed by atoms with E-state index in [9.17, 15) is 0 Å². The van der Waals surface area contributed by atoms with E-state index in [0.29, 0.717) is 0 Å². The summed E-state index contributed by atoms with van der Waals surface area (Å²) in [6.07, 6.45) is 10.4. The number of aromatic nitrogens is 1. The smallest absolute Gasteiger partial charge is 0.159 e. The number of rotatable bonds is 4. The number of hydrogen-bond donors (Lipinski definition) is 0. The van der Waals surface area contributed by atoms with E-state index in [0.717, 1.165) is 75.0 Å². The summed E-state index contributed by atoms with van der Waals surface area (Å²) in [4.78, 5) is 0. The van der Waals surface area contributed by atoms with Crippen molar-refractivity contribution in [3.8, 4) is 16.8 Å². The van der Waals surface area contributed by atoms with Crippen LogP contribution in [0, 0.1) is 47.3 Å². The normalized spacial score (nSPS) is 30.9. The van der Waals surface area contributed by atoms with Crippen LogP contribution in [0.3, 0.4) is 0 Å². The summed E-state index contributed by atoms with van der Waals surface area (Å²) < 4.78 is 8.97. The molecule has 54 heavy (non-hydrogen) atoms. The van der Waals surface area contributed by atoms with E-state index in [1.54, 1.807) is 17.5 Å². The summed E-state index contributed by atoms with van der Waals surface area (Å²) in [5.41, 5.74) is 11.3. The number of para-hydroxylation sites is 3. The van der Waals surface area contributed by atoms with Crippen LogP contribution in [0.5, 0.6) is 0 Å². The molecule has 8 bridgehead atoms. The fourth-order valence-corrected chi connectivity index (χ4v) is 14.3. The van der Waals surface area contributed by atoms with E-state index >= 15 is 0 Å². The van der Waals surface area contributed by atoms with Crippen molar-refractivity contribution in [2.24, 2.45) is 47.3 Å². The Morgan fingerprint density at radius 1 is 0.500 bits per heavy atom. The molecule has 0 aliphatic heterocycles. The van der Waals surface area contributed by atoms with Crippen molar-refractivity contribution in [1.29, 1.82) is 0 Å². The first-order valence-corrected chi connectivity index (χ1v) is 20.8. The maximum Gasteiger partial charge on any atom is 0.159 e. The third-order valence-corrected chi connectivity index (χ3v) is 16.0. The molecule has 6 saturated carbocycles. The molecule has 0 N–H and O–H groups in total. The molecule has 9 unspecified atom stereocenters. The summed E-state index contributed by atoms with van der Waals surface area (Å²) in [5, 5.41) is 4.87. The van der Waals surface area contributed by atoms with E-state index in [-0.39, 0.29) is 5.41 Å². The Bertz CT molecular complexity index is 2770. The predicted molar refractivity (Wildman–Crippen MR) is 221 cm³/mol. The van der Waals surface area contributed by atoms with Crippen LogP contribution < -0.4 is 0 Å². The molecule has 2 heterocycles. The highest BCUT2D eigenvalue weighted by Crippen LogP contribution is 2.72. The second kappa shape index (κ2) is 11.0. The maximum absolute atomic E-state index is 6.56. The minimum absolute atomic E-state index is 0.118. The van der Waals surface area contributed by atoms with Crippen molar-refractivity contribution in [2.75, 3.05) is 0 Å². The van der Waals surface area contributed by atoms with Crippen LogP contribution in [0.2, 0.25) is 0 Å². The van der Waals surface area contributed by atoms with Gasteiger partial charge in [-0.15, -0.1) is 0 Å². The number of furan rings is 1. The van der Waals surface area contributed by atoms with Crippen LogP contribution in [0.4, 0.5) is 0 Å². The lowest BCUT2D eigenvalue weighted by atomic mass is 9.42. The van der Waals surface area contributed by atoms with Gasteiger partial charge < -0.3 is 8.98 Å². The summed E-state index contributed by atoms with van der Waals surface area (Å²) in [6.45, 7) is 0. The van der Waals surface area contributed by atoms with Crippen LogP contribution in [0.1, 0.15) is 56.1 Å². The van der Waals surface area contributed by atoms with Crippen molar-refractivity contribution in [2.45, 2.75) is 50.4 Å². The van der Waals surface area contributed by atoms with Gasteiger partial charge in [0.15, 0.2) is 5.58 Å². The highest BCUT2D eigenvalue weighted by Gasteiger charge is 2.66. The number of benzene rings is 6. The first-order valence-electron chi connectivity index (χ1n) is 20.8. The fraction of sp³-hybridized carbons (Fsp3) is 0.308. The third kappa shape index (κ3) is 3.92. The maximum atomic E-state index is 6.56. The number of hydrogen-bond acceptors (Lipinski definition) is 1. The molecule has 6 aliphatic rings. The Labute approximate surface area is 316 Å². The quantitative estimate of drug-likeness (QED) is 0.179. The van der Waals surface area contributed by atoms with Gasteiger partial charge in [-0.05, 0) is 138 Å². The summed E-state index contributed by atoms with van der Waals surface area (Å²) in [7, 11) is 0. The second-order valence-electron chi connectivity index (χ2n) is 18.0. The molecular formula is C52H45NO. The average Bonchev–Trinajstić information content (AvgIpc) is 3.68. The standard InChI is InChI=1S/C52H45NO/c1-2-9-36(10-3-1)52(38-28-35-27-34-18-17-31-25-42(35)43(30-38)45(26-31)50(34)52)37-22-19-32(20-23-37)33-21-24-47-44(29-33)39-11-4-6-14-46(39)53(47)48-15-8-13-41-40-12-5-7-16-49(40)54-51(41)48/h1-16,19-24,29,31,34-35,38,42-43,45,50H,17-18,25-28,30H2. The first kappa shape index (κ1) is 30.3. The van der Waals surface area contributed by atoms with Gasteiger partial charge in [-0.1, -0.05) is 116 Å². The van der Waals surface area contributed by atoms with Crippen molar-refractivity contribution < 1.29 is 4.42 Å². The number of fused-ring (bicyclic) bond motifs is 7. The Hall–Kier alpha value is -5.08. The summed E-state index contributed by atoms with van der Waals surface area (Å²) in [6, 6.07) is 52.9. The lowest BCUT2D eigenvalue weighted by Gasteiger charge is -2.62. The Balaban J connectivity index is 0.957. The lowest BCUT2D eigenvalue weighted by molar-refractivity contribution is -0.0758. The van der Waals surface area contributed by atoms with Crippen LogP contribution in [-0.2, 0) is 5.41 Å². The minimum atomic E-state index is 0.118. The van der Waals surface area contributed by atoms with Gasteiger partial charge in [0.05, 0.1) is 16.7 Å². The Morgan fingerprint density at radius 2 is 1.24 bits per heavy atom. The Morgan fingerprint density at radius 3 is 2.15 bits per heavy atom. The molecule has 6 fully saturated rings. The van der Waals surface area contributed by atoms with Crippen molar-refractivity contribution >= 4 is 43.7 Å². The van der Waals surface area contributed by atoms with Crippen molar-refractivity contribution in [3.63, 3.8) is 0 Å². The number of nitrogens with zero attached hydrogens (tertiary/aromatic N) is 1. The van der Waals surface area contributed by atoms with Gasteiger partial charge in [0.25, 0.3) is 0 Å². The van der Waals surface area contributed by atoms with Crippen LogP contribution in [0.15, 0.2) is 144 Å².